The van der Waals surface area contributed by atoms with Crippen LogP contribution < -0.4 is 9.47 Å². The van der Waals surface area contributed by atoms with Crippen molar-refractivity contribution in [2.24, 2.45) is 0 Å². The molecule has 1 heterocycles. The third-order valence-corrected chi connectivity index (χ3v) is 5.33. The van der Waals surface area contributed by atoms with Gasteiger partial charge < -0.3 is 28.8 Å². The average Bonchev–Trinajstić information content (AvgIpc) is 2.79. The maximum absolute atomic E-state index is 10.5. The molecule has 1 aliphatic rings. The number of unbranched alkanes of at least 4 members (excludes halogenated alkanes) is 7. The van der Waals surface area contributed by atoms with Crippen LogP contribution in [0.1, 0.15) is 63.4 Å². The van der Waals surface area contributed by atoms with Gasteiger partial charge in [0.1, 0.15) is 13.2 Å². The van der Waals surface area contributed by atoms with E-state index in [1.54, 1.807) is 0 Å². The van der Waals surface area contributed by atoms with Crippen LogP contribution in [0.15, 0.2) is 18.2 Å². The molecule has 7 nitrogen and oxygen atoms in total. The molecule has 0 aromatic heterocycles. The molecule has 0 atom stereocenters. The minimum absolute atomic E-state index is 0.297. The number of benzene rings is 1. The molecule has 1 aromatic carbocycles. The predicted octanol–water partition coefficient (Wildman–Crippen LogP) is 4.65. The molecule has 182 valence electrons. The number of carbonyl (C=O) groups is 1. The zero-order valence-electron chi connectivity index (χ0n) is 19.4. The monoisotopic (exact) mass is 452 g/mol. The van der Waals surface area contributed by atoms with E-state index in [1.165, 1.54) is 31.2 Å². The Hall–Kier alpha value is -1.83. The summed E-state index contributed by atoms with van der Waals surface area (Å²) in [5, 5.41) is 8.64. The Bertz CT molecular complexity index is 620. The molecule has 32 heavy (non-hydrogen) atoms. The van der Waals surface area contributed by atoms with Crippen molar-refractivity contribution in [2.75, 3.05) is 52.9 Å². The van der Waals surface area contributed by atoms with E-state index in [2.05, 4.69) is 12.1 Å². The van der Waals surface area contributed by atoms with Crippen LogP contribution in [0.25, 0.3) is 0 Å². The van der Waals surface area contributed by atoms with Gasteiger partial charge in [-0.3, -0.25) is 4.79 Å². The second kappa shape index (κ2) is 17.7. The lowest BCUT2D eigenvalue weighted by atomic mass is 10.0. The fourth-order valence-corrected chi connectivity index (χ4v) is 3.57. The molecule has 0 amide bonds. The quantitative estimate of drug-likeness (QED) is 0.490. The van der Waals surface area contributed by atoms with Crippen LogP contribution in [0.3, 0.4) is 0 Å². The summed E-state index contributed by atoms with van der Waals surface area (Å²) in [4.78, 5) is 10.5. The van der Waals surface area contributed by atoms with Crippen molar-refractivity contribution in [2.45, 2.75) is 64.2 Å². The molecule has 1 aliphatic heterocycles. The summed E-state index contributed by atoms with van der Waals surface area (Å²) in [6.07, 6.45) is 10.3. The molecule has 0 saturated carbocycles. The predicted molar refractivity (Wildman–Crippen MR) is 123 cm³/mol. The lowest BCUT2D eigenvalue weighted by Crippen LogP contribution is -2.13. The summed E-state index contributed by atoms with van der Waals surface area (Å²) < 4.78 is 28.3. The van der Waals surface area contributed by atoms with Gasteiger partial charge in [-0.1, -0.05) is 44.6 Å². The highest BCUT2D eigenvalue weighted by molar-refractivity contribution is 5.66. The summed E-state index contributed by atoms with van der Waals surface area (Å²) in [7, 11) is 0. The number of rotatable bonds is 11. The number of ether oxygens (including phenoxy) is 5. The van der Waals surface area contributed by atoms with Crippen molar-refractivity contribution in [3.63, 3.8) is 0 Å². The van der Waals surface area contributed by atoms with E-state index < -0.39 is 5.97 Å². The fraction of sp³-hybridized carbons (Fsp3) is 0.720. The Morgan fingerprint density at radius 1 is 0.656 bits per heavy atom. The molecule has 0 aliphatic carbocycles. The molecule has 0 bridgehead atoms. The van der Waals surface area contributed by atoms with E-state index in [0.29, 0.717) is 59.3 Å². The molecule has 2 rings (SSSR count). The van der Waals surface area contributed by atoms with Crippen LogP contribution in [0, 0.1) is 0 Å². The summed E-state index contributed by atoms with van der Waals surface area (Å²) in [5.41, 5.74) is 1.25. The summed E-state index contributed by atoms with van der Waals surface area (Å²) >= 11 is 0. The average molecular weight is 453 g/mol. The summed E-state index contributed by atoms with van der Waals surface area (Å²) in [5.74, 6) is 0.816. The van der Waals surface area contributed by atoms with E-state index in [1.807, 2.05) is 6.07 Å². The van der Waals surface area contributed by atoms with Gasteiger partial charge in [0.2, 0.25) is 0 Å². The Morgan fingerprint density at radius 2 is 1.16 bits per heavy atom. The number of hydrogen-bond acceptors (Lipinski definition) is 6. The molecule has 7 heteroatoms. The molecule has 0 unspecified atom stereocenters. The lowest BCUT2D eigenvalue weighted by Gasteiger charge is -2.14. The Morgan fingerprint density at radius 3 is 1.75 bits per heavy atom. The zero-order valence-corrected chi connectivity index (χ0v) is 19.4. The number of hydrogen-bond donors (Lipinski definition) is 1. The fourth-order valence-electron chi connectivity index (χ4n) is 3.57. The first kappa shape index (κ1) is 26.4. The summed E-state index contributed by atoms with van der Waals surface area (Å²) in [6, 6.07) is 6.19. The maximum atomic E-state index is 10.5. The topological polar surface area (TPSA) is 83.5 Å². The Balaban J connectivity index is 1.68. The Kier molecular flexibility index (Phi) is 14.6. The van der Waals surface area contributed by atoms with E-state index in [0.717, 1.165) is 43.6 Å². The van der Waals surface area contributed by atoms with Gasteiger partial charge in [-0.25, -0.2) is 0 Å². The van der Waals surface area contributed by atoms with Crippen molar-refractivity contribution >= 4 is 5.97 Å². The van der Waals surface area contributed by atoms with E-state index >= 15 is 0 Å². The number of carboxylic acids is 1. The van der Waals surface area contributed by atoms with Crippen molar-refractivity contribution in [3.8, 4) is 11.5 Å². The van der Waals surface area contributed by atoms with Gasteiger partial charge in [-0.2, -0.15) is 0 Å². The standard InChI is InChI=1S/C25H40O7/c26-25(27)10-8-6-4-2-1-3-5-7-9-22-11-12-23-24(21-22)32-20-18-30-16-14-28-13-15-29-17-19-31-23/h11-12,21H,1-10,13-20H2,(H,26,27). The molecule has 1 N–H and O–H groups in total. The number of aryl methyl sites for hydroxylation is 1. The molecule has 0 fully saturated rings. The zero-order chi connectivity index (χ0) is 22.7. The van der Waals surface area contributed by atoms with E-state index in [-0.39, 0.29) is 0 Å². The highest BCUT2D eigenvalue weighted by Gasteiger charge is 2.08. The van der Waals surface area contributed by atoms with Crippen LogP contribution in [-0.4, -0.2) is 63.9 Å². The van der Waals surface area contributed by atoms with E-state index in [9.17, 15) is 4.79 Å². The maximum Gasteiger partial charge on any atom is 0.303 e. The molecule has 0 saturated heterocycles. The van der Waals surface area contributed by atoms with E-state index in [4.69, 9.17) is 28.8 Å². The third-order valence-electron chi connectivity index (χ3n) is 5.33. The summed E-state index contributed by atoms with van der Waals surface area (Å²) in [6.45, 7) is 4.20. The van der Waals surface area contributed by atoms with Gasteiger partial charge in [0.15, 0.2) is 11.5 Å². The molecule has 1 aromatic rings. The first-order chi connectivity index (χ1) is 15.8. The van der Waals surface area contributed by atoms with Crippen molar-refractivity contribution in [1.82, 2.24) is 0 Å². The van der Waals surface area contributed by atoms with Gasteiger partial charge >= 0.3 is 5.97 Å². The minimum Gasteiger partial charge on any atom is -0.487 e. The SMILES string of the molecule is O=C(O)CCCCCCCCCCc1ccc2c(c1)OCCOCCOCCOCCO2. The van der Waals surface area contributed by atoms with Gasteiger partial charge in [0.25, 0.3) is 0 Å². The van der Waals surface area contributed by atoms with Gasteiger partial charge in [-0.05, 0) is 37.0 Å². The highest BCUT2D eigenvalue weighted by Crippen LogP contribution is 2.29. The largest absolute Gasteiger partial charge is 0.487 e. The molecular weight excluding hydrogens is 412 g/mol. The first-order valence-corrected chi connectivity index (χ1v) is 12.1. The molecular formula is C25H40O7. The second-order valence-corrected chi connectivity index (χ2v) is 8.04. The van der Waals surface area contributed by atoms with Crippen LogP contribution in [-0.2, 0) is 25.4 Å². The van der Waals surface area contributed by atoms with Gasteiger partial charge in [0, 0.05) is 6.42 Å². The van der Waals surface area contributed by atoms with Crippen LogP contribution in [0.2, 0.25) is 0 Å². The lowest BCUT2D eigenvalue weighted by molar-refractivity contribution is -0.137. The van der Waals surface area contributed by atoms with Crippen LogP contribution in [0.4, 0.5) is 0 Å². The number of aliphatic carboxylic acids is 1. The first-order valence-electron chi connectivity index (χ1n) is 12.1. The highest BCUT2D eigenvalue weighted by atomic mass is 16.6. The number of fused-ring (bicyclic) bond motifs is 1. The van der Waals surface area contributed by atoms with Crippen molar-refractivity contribution in [1.29, 1.82) is 0 Å². The normalized spacial score (nSPS) is 16.1. The van der Waals surface area contributed by atoms with Crippen molar-refractivity contribution in [3.05, 3.63) is 23.8 Å². The minimum atomic E-state index is -0.689. The van der Waals surface area contributed by atoms with Crippen LogP contribution >= 0.6 is 0 Å². The molecule has 0 radical (unpaired) electrons. The van der Waals surface area contributed by atoms with Gasteiger partial charge in [-0.15, -0.1) is 0 Å². The molecule has 0 spiro atoms. The third kappa shape index (κ3) is 12.9. The van der Waals surface area contributed by atoms with Crippen LogP contribution in [0.5, 0.6) is 11.5 Å². The Labute approximate surface area is 192 Å². The second-order valence-electron chi connectivity index (χ2n) is 8.04. The smallest absolute Gasteiger partial charge is 0.303 e. The van der Waals surface area contributed by atoms with Crippen molar-refractivity contribution < 1.29 is 33.6 Å². The van der Waals surface area contributed by atoms with Gasteiger partial charge in [0.05, 0.1) is 39.6 Å². The number of carboxylic acid groups (broad SMARTS) is 1.